The first-order valence-electron chi connectivity index (χ1n) is 10.9. The summed E-state index contributed by atoms with van der Waals surface area (Å²) in [5.74, 6) is -0.0988. The van der Waals surface area contributed by atoms with E-state index in [0.29, 0.717) is 28.9 Å². The van der Waals surface area contributed by atoms with Crippen LogP contribution < -0.4 is 5.56 Å². The molecule has 2 aromatic carbocycles. The lowest BCUT2D eigenvalue weighted by molar-refractivity contribution is -0.131. The highest BCUT2D eigenvalue weighted by Gasteiger charge is 2.16. The number of hydrogen-bond donors (Lipinski definition) is 0. The summed E-state index contributed by atoms with van der Waals surface area (Å²) in [6.45, 7) is 6.76. The summed E-state index contributed by atoms with van der Waals surface area (Å²) in [4.78, 5) is 33.1. The van der Waals surface area contributed by atoms with E-state index in [0.717, 1.165) is 22.3 Å². The predicted molar refractivity (Wildman–Crippen MR) is 135 cm³/mol. The average Bonchev–Trinajstić information content (AvgIpc) is 3.29. The molecule has 0 unspecified atom stereocenters. The molecule has 0 aliphatic heterocycles. The second kappa shape index (κ2) is 10.3. The van der Waals surface area contributed by atoms with E-state index in [2.05, 4.69) is 17.6 Å². The van der Waals surface area contributed by atoms with Gasteiger partial charge in [-0.15, -0.1) is 17.9 Å². The van der Waals surface area contributed by atoms with Crippen LogP contribution in [0.1, 0.15) is 23.1 Å². The van der Waals surface area contributed by atoms with E-state index in [1.165, 1.54) is 22.2 Å². The second-order valence-electron chi connectivity index (χ2n) is 8.06. The van der Waals surface area contributed by atoms with Gasteiger partial charge in [0.05, 0.1) is 23.3 Å². The minimum Gasteiger partial charge on any atom is -0.335 e. The number of thiophene rings is 1. The van der Waals surface area contributed by atoms with E-state index >= 15 is 0 Å². The molecule has 0 radical (unpaired) electrons. The molecule has 4 rings (SSSR count). The Morgan fingerprint density at radius 1 is 1.26 bits per heavy atom. The van der Waals surface area contributed by atoms with Crippen LogP contribution in [0.5, 0.6) is 0 Å². The van der Waals surface area contributed by atoms with Gasteiger partial charge < -0.3 is 4.90 Å². The Bertz CT molecular complexity index is 1440. The molecular formula is C27H24N4O2S. The molecule has 0 aliphatic rings. The normalized spacial score (nSPS) is 10.7. The van der Waals surface area contributed by atoms with Crippen LogP contribution in [0, 0.1) is 18.3 Å². The number of fused-ring (bicyclic) bond motifs is 1. The predicted octanol–water partition coefficient (Wildman–Crippen LogP) is 4.91. The third kappa shape index (κ3) is 4.98. The van der Waals surface area contributed by atoms with Gasteiger partial charge in [0.25, 0.3) is 5.56 Å². The third-order valence-electron chi connectivity index (χ3n) is 5.62. The minimum atomic E-state index is -0.147. The molecule has 0 saturated carbocycles. The lowest BCUT2D eigenvalue weighted by Crippen LogP contribution is -2.32. The number of benzene rings is 2. The molecule has 1 amide bonds. The van der Waals surface area contributed by atoms with Crippen molar-refractivity contribution in [3.63, 3.8) is 0 Å². The molecular weight excluding hydrogens is 444 g/mol. The van der Waals surface area contributed by atoms with E-state index in [1.807, 2.05) is 42.6 Å². The van der Waals surface area contributed by atoms with Gasteiger partial charge in [-0.1, -0.05) is 48.0 Å². The lowest BCUT2D eigenvalue weighted by atomic mass is 10.1. The van der Waals surface area contributed by atoms with Crippen LogP contribution in [0.25, 0.3) is 21.3 Å². The summed E-state index contributed by atoms with van der Waals surface area (Å²) < 4.78 is 1.51. The number of rotatable bonds is 8. The summed E-state index contributed by atoms with van der Waals surface area (Å²) >= 11 is 1.44. The number of aryl methyl sites for hydroxylation is 2. The Hall–Kier alpha value is -4.02. The molecule has 6 nitrogen and oxygen atoms in total. The zero-order chi connectivity index (χ0) is 24.1. The van der Waals surface area contributed by atoms with Gasteiger partial charge in [0.1, 0.15) is 4.83 Å². The van der Waals surface area contributed by atoms with Crippen molar-refractivity contribution in [2.24, 2.45) is 0 Å². The summed E-state index contributed by atoms with van der Waals surface area (Å²) in [7, 11) is 0. The second-order valence-corrected chi connectivity index (χ2v) is 8.92. The van der Waals surface area contributed by atoms with Crippen LogP contribution in [-0.4, -0.2) is 26.9 Å². The SMILES string of the molecule is C=CCN(Cc1cccc(C#N)c1)C(=O)CCn1cnc2scc(-c3ccc(C)cc3)c2c1=O. The van der Waals surface area contributed by atoms with Crippen LogP contribution in [-0.2, 0) is 17.9 Å². The van der Waals surface area contributed by atoms with Gasteiger partial charge in [0.2, 0.25) is 5.91 Å². The first-order chi connectivity index (χ1) is 16.5. The quantitative estimate of drug-likeness (QED) is 0.344. The van der Waals surface area contributed by atoms with Gasteiger partial charge >= 0.3 is 0 Å². The summed E-state index contributed by atoms with van der Waals surface area (Å²) in [5, 5.41) is 11.7. The van der Waals surface area contributed by atoms with E-state index < -0.39 is 0 Å². The molecule has 4 aromatic rings. The maximum atomic E-state index is 13.3. The van der Waals surface area contributed by atoms with E-state index in [4.69, 9.17) is 5.26 Å². The fraction of sp³-hybridized carbons (Fsp3) is 0.185. The van der Waals surface area contributed by atoms with Gasteiger partial charge in [-0.25, -0.2) is 4.98 Å². The van der Waals surface area contributed by atoms with Crippen LogP contribution in [0.4, 0.5) is 0 Å². The van der Waals surface area contributed by atoms with Crippen LogP contribution in [0.3, 0.4) is 0 Å². The number of nitriles is 1. The van der Waals surface area contributed by atoms with Crippen molar-refractivity contribution < 1.29 is 4.79 Å². The molecule has 0 atom stereocenters. The summed E-state index contributed by atoms with van der Waals surface area (Å²) in [6, 6.07) is 17.4. The molecule has 34 heavy (non-hydrogen) atoms. The molecule has 2 heterocycles. The molecule has 7 heteroatoms. The van der Waals surface area contributed by atoms with E-state index in [-0.39, 0.29) is 24.4 Å². The highest BCUT2D eigenvalue weighted by molar-refractivity contribution is 7.17. The summed E-state index contributed by atoms with van der Waals surface area (Å²) in [6.07, 6.45) is 3.34. The van der Waals surface area contributed by atoms with Gasteiger partial charge in [-0.3, -0.25) is 14.2 Å². The number of hydrogen-bond acceptors (Lipinski definition) is 5. The minimum absolute atomic E-state index is 0.0988. The van der Waals surface area contributed by atoms with Crippen LogP contribution in [0.2, 0.25) is 0 Å². The molecule has 170 valence electrons. The Morgan fingerprint density at radius 3 is 2.79 bits per heavy atom. The van der Waals surface area contributed by atoms with Crippen molar-refractivity contribution in [2.75, 3.05) is 6.54 Å². The maximum absolute atomic E-state index is 13.3. The largest absolute Gasteiger partial charge is 0.335 e. The average molecular weight is 469 g/mol. The highest BCUT2D eigenvalue weighted by atomic mass is 32.1. The molecule has 0 bridgehead atoms. The van der Waals surface area contributed by atoms with Gasteiger partial charge in [-0.2, -0.15) is 5.26 Å². The first-order valence-corrected chi connectivity index (χ1v) is 11.8. The fourth-order valence-corrected chi connectivity index (χ4v) is 4.72. The Kier molecular flexibility index (Phi) is 7.00. The Morgan fingerprint density at radius 2 is 2.06 bits per heavy atom. The van der Waals surface area contributed by atoms with E-state index in [9.17, 15) is 9.59 Å². The van der Waals surface area contributed by atoms with Crippen molar-refractivity contribution in [2.45, 2.75) is 26.4 Å². The number of carbonyl (C=O) groups is 1. The molecule has 0 spiro atoms. The first kappa shape index (κ1) is 23.1. The van der Waals surface area contributed by atoms with Crippen LogP contribution in [0.15, 0.2) is 77.7 Å². The number of amides is 1. The van der Waals surface area contributed by atoms with E-state index in [1.54, 1.807) is 29.2 Å². The fourth-order valence-electron chi connectivity index (χ4n) is 3.82. The zero-order valence-corrected chi connectivity index (χ0v) is 19.7. The van der Waals surface area contributed by atoms with Crippen molar-refractivity contribution in [1.82, 2.24) is 14.5 Å². The monoisotopic (exact) mass is 468 g/mol. The smallest absolute Gasteiger partial charge is 0.262 e. The molecule has 0 N–H and O–H groups in total. The topological polar surface area (TPSA) is 79.0 Å². The van der Waals surface area contributed by atoms with Gasteiger partial charge in [-0.05, 0) is 30.2 Å². The summed E-state index contributed by atoms with van der Waals surface area (Å²) in [5.41, 5.74) is 4.27. The standard InChI is InChI=1S/C27H24N4O2S/c1-3-12-30(16-21-6-4-5-20(14-21)15-28)24(32)11-13-31-18-29-26-25(27(31)33)23(17-34-26)22-9-7-19(2)8-10-22/h3-10,14,17-18H,1,11-13,16H2,2H3. The Labute approximate surface area is 202 Å². The van der Waals surface area contributed by atoms with Crippen LogP contribution >= 0.6 is 11.3 Å². The molecule has 0 aliphatic carbocycles. The van der Waals surface area contributed by atoms with Crippen molar-refractivity contribution in [1.29, 1.82) is 5.26 Å². The third-order valence-corrected chi connectivity index (χ3v) is 6.51. The number of nitrogens with zero attached hydrogens (tertiary/aromatic N) is 4. The molecule has 0 saturated heterocycles. The number of carbonyl (C=O) groups excluding carboxylic acids is 1. The maximum Gasteiger partial charge on any atom is 0.262 e. The molecule has 0 fully saturated rings. The van der Waals surface area contributed by atoms with Crippen molar-refractivity contribution in [3.05, 3.63) is 99.9 Å². The highest BCUT2D eigenvalue weighted by Crippen LogP contribution is 2.30. The van der Waals surface area contributed by atoms with Crippen molar-refractivity contribution in [3.8, 4) is 17.2 Å². The number of aromatic nitrogens is 2. The molecule has 2 aromatic heterocycles. The van der Waals surface area contributed by atoms with Gasteiger partial charge in [0, 0.05) is 37.0 Å². The Balaban J connectivity index is 1.54. The zero-order valence-electron chi connectivity index (χ0n) is 18.9. The van der Waals surface area contributed by atoms with Gasteiger partial charge in [0.15, 0.2) is 0 Å². The van der Waals surface area contributed by atoms with Crippen molar-refractivity contribution >= 4 is 27.5 Å². The lowest BCUT2D eigenvalue weighted by Gasteiger charge is -2.21.